The zero-order chi connectivity index (χ0) is 14.7. The fourth-order valence-corrected chi connectivity index (χ4v) is 2.31. The maximum absolute atomic E-state index is 12.2. The first-order chi connectivity index (χ1) is 10.2. The topological polar surface area (TPSA) is 93.2 Å². The molecule has 0 aromatic carbocycles. The van der Waals surface area contributed by atoms with E-state index >= 15 is 0 Å². The van der Waals surface area contributed by atoms with Crippen LogP contribution in [0.15, 0.2) is 30.7 Å². The standard InChI is InChI=1S/C13H17N7O/c14-11-2-5-20(17-11)10-12(21)18-6-8-19(9-7-18)13-15-3-1-4-16-13/h1-5H,6-10H2,(H2,14,17). The molecule has 0 radical (unpaired) electrons. The number of carbonyl (C=O) groups excluding carboxylic acids is 1. The molecule has 3 rings (SSSR count). The van der Waals surface area contributed by atoms with E-state index in [0.717, 1.165) is 13.1 Å². The Bertz CT molecular complexity index is 604. The van der Waals surface area contributed by atoms with Crippen molar-refractivity contribution in [3.05, 3.63) is 30.7 Å². The third kappa shape index (κ3) is 3.10. The molecule has 0 spiro atoms. The average Bonchev–Trinajstić information content (AvgIpc) is 2.93. The molecular formula is C13H17N7O. The molecule has 21 heavy (non-hydrogen) atoms. The highest BCUT2D eigenvalue weighted by Gasteiger charge is 2.22. The van der Waals surface area contributed by atoms with Crippen LogP contribution < -0.4 is 10.6 Å². The van der Waals surface area contributed by atoms with Crippen molar-refractivity contribution >= 4 is 17.7 Å². The van der Waals surface area contributed by atoms with Crippen molar-refractivity contribution < 1.29 is 4.79 Å². The number of nitrogens with two attached hydrogens (primary N) is 1. The number of nitrogen functional groups attached to an aromatic ring is 1. The fraction of sp³-hybridized carbons (Fsp3) is 0.385. The number of hydrogen-bond donors (Lipinski definition) is 1. The van der Waals surface area contributed by atoms with Gasteiger partial charge in [-0.25, -0.2) is 9.97 Å². The van der Waals surface area contributed by atoms with Crippen molar-refractivity contribution in [2.45, 2.75) is 6.54 Å². The van der Waals surface area contributed by atoms with E-state index in [1.165, 1.54) is 0 Å². The van der Waals surface area contributed by atoms with Crippen LogP contribution in [-0.2, 0) is 11.3 Å². The SMILES string of the molecule is Nc1ccn(CC(=O)N2CCN(c3ncccn3)CC2)n1. The number of nitrogens with zero attached hydrogens (tertiary/aromatic N) is 6. The van der Waals surface area contributed by atoms with E-state index in [9.17, 15) is 4.79 Å². The summed E-state index contributed by atoms with van der Waals surface area (Å²) in [4.78, 5) is 24.6. The van der Waals surface area contributed by atoms with Crippen LogP contribution in [0.4, 0.5) is 11.8 Å². The summed E-state index contributed by atoms with van der Waals surface area (Å²) < 4.78 is 1.56. The molecule has 1 amide bonds. The predicted molar refractivity (Wildman–Crippen MR) is 77.5 cm³/mol. The minimum atomic E-state index is 0.0479. The molecule has 1 saturated heterocycles. The van der Waals surface area contributed by atoms with Gasteiger partial charge in [0, 0.05) is 44.8 Å². The quantitative estimate of drug-likeness (QED) is 0.826. The molecule has 3 heterocycles. The molecular weight excluding hydrogens is 270 g/mol. The lowest BCUT2D eigenvalue weighted by Crippen LogP contribution is -2.50. The van der Waals surface area contributed by atoms with Gasteiger partial charge in [-0.1, -0.05) is 0 Å². The maximum Gasteiger partial charge on any atom is 0.244 e. The number of hydrogen-bond acceptors (Lipinski definition) is 6. The highest BCUT2D eigenvalue weighted by molar-refractivity contribution is 5.76. The molecule has 0 bridgehead atoms. The summed E-state index contributed by atoms with van der Waals surface area (Å²) in [5.74, 6) is 1.19. The molecule has 8 nitrogen and oxygen atoms in total. The molecule has 1 aliphatic heterocycles. The van der Waals surface area contributed by atoms with E-state index in [2.05, 4.69) is 20.0 Å². The minimum Gasteiger partial charge on any atom is -0.382 e. The van der Waals surface area contributed by atoms with E-state index in [4.69, 9.17) is 5.73 Å². The lowest BCUT2D eigenvalue weighted by Gasteiger charge is -2.34. The van der Waals surface area contributed by atoms with Crippen molar-refractivity contribution in [3.8, 4) is 0 Å². The molecule has 2 aromatic heterocycles. The molecule has 0 aliphatic carbocycles. The van der Waals surface area contributed by atoms with Crippen molar-refractivity contribution in [2.24, 2.45) is 0 Å². The van der Waals surface area contributed by atoms with Crippen molar-refractivity contribution in [2.75, 3.05) is 36.8 Å². The van der Waals surface area contributed by atoms with Crippen molar-refractivity contribution in [1.82, 2.24) is 24.6 Å². The molecule has 0 atom stereocenters. The van der Waals surface area contributed by atoms with Gasteiger partial charge in [0.15, 0.2) is 0 Å². The Morgan fingerprint density at radius 2 is 1.90 bits per heavy atom. The molecule has 1 aliphatic rings. The Hall–Kier alpha value is -2.64. The average molecular weight is 287 g/mol. The summed E-state index contributed by atoms with van der Waals surface area (Å²) >= 11 is 0. The lowest BCUT2D eigenvalue weighted by atomic mass is 10.3. The van der Waals surface area contributed by atoms with Crippen molar-refractivity contribution in [1.29, 1.82) is 0 Å². The van der Waals surface area contributed by atoms with E-state index < -0.39 is 0 Å². The highest BCUT2D eigenvalue weighted by Crippen LogP contribution is 2.10. The summed E-state index contributed by atoms with van der Waals surface area (Å²) in [5.41, 5.74) is 5.54. The second-order valence-corrected chi connectivity index (χ2v) is 4.85. The molecule has 0 saturated carbocycles. The lowest BCUT2D eigenvalue weighted by molar-refractivity contribution is -0.132. The Labute approximate surface area is 122 Å². The molecule has 110 valence electrons. The molecule has 2 N–H and O–H groups in total. The Kier molecular flexibility index (Phi) is 3.67. The first-order valence-electron chi connectivity index (χ1n) is 6.81. The molecule has 8 heteroatoms. The van der Waals surface area contributed by atoms with Gasteiger partial charge in [-0.15, -0.1) is 0 Å². The van der Waals surface area contributed by atoms with E-state index in [1.807, 2.05) is 4.90 Å². The van der Waals surface area contributed by atoms with Crippen LogP contribution in [-0.4, -0.2) is 56.7 Å². The monoisotopic (exact) mass is 287 g/mol. The number of piperazine rings is 1. The van der Waals surface area contributed by atoms with Gasteiger partial charge in [0.1, 0.15) is 12.4 Å². The van der Waals surface area contributed by atoms with Crippen LogP contribution in [0.5, 0.6) is 0 Å². The van der Waals surface area contributed by atoms with Crippen LogP contribution in [0.2, 0.25) is 0 Å². The van der Waals surface area contributed by atoms with E-state index in [-0.39, 0.29) is 12.5 Å². The van der Waals surface area contributed by atoms with E-state index in [1.54, 1.807) is 35.4 Å². The smallest absolute Gasteiger partial charge is 0.244 e. The summed E-state index contributed by atoms with van der Waals surface area (Å²) in [6.45, 7) is 3.01. The number of rotatable bonds is 3. The van der Waals surface area contributed by atoms with Crippen LogP contribution in [0.25, 0.3) is 0 Å². The molecule has 1 fully saturated rings. The first-order valence-corrected chi connectivity index (χ1v) is 6.81. The van der Waals surface area contributed by atoms with Gasteiger partial charge in [-0.2, -0.15) is 5.10 Å². The highest BCUT2D eigenvalue weighted by atomic mass is 16.2. The number of anilines is 2. The second-order valence-electron chi connectivity index (χ2n) is 4.85. The van der Waals surface area contributed by atoms with Gasteiger partial charge in [-0.05, 0) is 12.1 Å². The van der Waals surface area contributed by atoms with Crippen LogP contribution in [0.1, 0.15) is 0 Å². The van der Waals surface area contributed by atoms with Crippen molar-refractivity contribution in [3.63, 3.8) is 0 Å². The third-order valence-electron chi connectivity index (χ3n) is 3.43. The molecule has 0 unspecified atom stereocenters. The summed E-state index contributed by atoms with van der Waals surface area (Å²) in [5, 5.41) is 4.02. The summed E-state index contributed by atoms with van der Waals surface area (Å²) in [6, 6.07) is 3.47. The van der Waals surface area contributed by atoms with Crippen LogP contribution >= 0.6 is 0 Å². The third-order valence-corrected chi connectivity index (χ3v) is 3.43. The zero-order valence-corrected chi connectivity index (χ0v) is 11.6. The van der Waals surface area contributed by atoms with Gasteiger partial charge in [0.05, 0.1) is 0 Å². The Morgan fingerprint density at radius 1 is 1.19 bits per heavy atom. The normalized spacial score (nSPS) is 15.2. The number of amides is 1. The van der Waals surface area contributed by atoms with Crippen LogP contribution in [0.3, 0.4) is 0 Å². The van der Waals surface area contributed by atoms with Gasteiger partial charge < -0.3 is 15.5 Å². The van der Waals surface area contributed by atoms with Crippen LogP contribution in [0, 0.1) is 0 Å². The first kappa shape index (κ1) is 13.3. The Balaban J connectivity index is 1.54. The number of aromatic nitrogens is 4. The van der Waals surface area contributed by atoms with Gasteiger partial charge in [0.2, 0.25) is 11.9 Å². The largest absolute Gasteiger partial charge is 0.382 e. The zero-order valence-electron chi connectivity index (χ0n) is 11.6. The van der Waals surface area contributed by atoms with Gasteiger partial charge in [0.25, 0.3) is 0 Å². The van der Waals surface area contributed by atoms with Gasteiger partial charge in [-0.3, -0.25) is 9.48 Å². The second kappa shape index (κ2) is 5.78. The maximum atomic E-state index is 12.2. The predicted octanol–water partition coefficient (Wildman–Crippen LogP) is -0.396. The number of carbonyl (C=O) groups is 1. The van der Waals surface area contributed by atoms with E-state index in [0.29, 0.717) is 24.9 Å². The van der Waals surface area contributed by atoms with Gasteiger partial charge >= 0.3 is 0 Å². The fourth-order valence-electron chi connectivity index (χ4n) is 2.31. The minimum absolute atomic E-state index is 0.0479. The summed E-state index contributed by atoms with van der Waals surface area (Å²) in [7, 11) is 0. The summed E-state index contributed by atoms with van der Waals surface area (Å²) in [6.07, 6.45) is 5.16. The Morgan fingerprint density at radius 3 is 2.52 bits per heavy atom. The molecule has 2 aromatic rings.